The highest BCUT2D eigenvalue weighted by Crippen LogP contribution is 2.21. The van der Waals surface area contributed by atoms with E-state index in [1.807, 2.05) is 66.7 Å². The third kappa shape index (κ3) is 4.38. The van der Waals surface area contributed by atoms with Crippen LogP contribution in [-0.2, 0) is 11.2 Å². The molecule has 0 spiro atoms. The molecule has 1 N–H and O–H groups in total. The van der Waals surface area contributed by atoms with Gasteiger partial charge in [-0.3, -0.25) is 4.79 Å². The Kier molecular flexibility index (Phi) is 5.32. The van der Waals surface area contributed by atoms with Gasteiger partial charge >= 0.3 is 5.97 Å². The lowest BCUT2D eigenvalue weighted by Gasteiger charge is -2.09. The van der Waals surface area contributed by atoms with Crippen LogP contribution in [0.4, 0.5) is 5.82 Å². The summed E-state index contributed by atoms with van der Waals surface area (Å²) in [6, 6.07) is 23.5. The Balaban J connectivity index is 2.07. The summed E-state index contributed by atoms with van der Waals surface area (Å²) in [5.41, 5.74) is 3.62. The number of nitrogens with zero attached hydrogens (tertiary/aromatic N) is 2. The number of hydrogen-bond donors (Lipinski definition) is 1. The first-order chi connectivity index (χ1) is 12.2. The SMILES string of the molecule is O=C(O)CCc1cccnc1N=C(c1ccccc1)c1ccccc1. The van der Waals surface area contributed by atoms with Gasteiger partial charge in [0.25, 0.3) is 0 Å². The van der Waals surface area contributed by atoms with Crippen molar-refractivity contribution in [1.29, 1.82) is 0 Å². The summed E-state index contributed by atoms with van der Waals surface area (Å²) in [5, 5.41) is 8.95. The van der Waals surface area contributed by atoms with E-state index in [0.717, 1.165) is 22.4 Å². The predicted octanol–water partition coefficient (Wildman–Crippen LogP) is 4.27. The standard InChI is InChI=1S/C21H18N2O2/c24-19(25)14-13-18-12-7-15-22-21(18)23-20(16-8-3-1-4-9-16)17-10-5-2-6-11-17/h1-12,15H,13-14H2,(H,24,25). The van der Waals surface area contributed by atoms with Crippen LogP contribution >= 0.6 is 0 Å². The minimum atomic E-state index is -0.829. The summed E-state index contributed by atoms with van der Waals surface area (Å²) in [6.45, 7) is 0. The molecule has 3 aromatic rings. The molecule has 4 heteroatoms. The van der Waals surface area contributed by atoms with Gasteiger partial charge in [0.05, 0.1) is 5.71 Å². The largest absolute Gasteiger partial charge is 0.481 e. The van der Waals surface area contributed by atoms with E-state index in [2.05, 4.69) is 4.98 Å². The van der Waals surface area contributed by atoms with Crippen molar-refractivity contribution < 1.29 is 9.90 Å². The Bertz CT molecular complexity index is 833. The number of hydrogen-bond acceptors (Lipinski definition) is 3. The molecule has 0 fully saturated rings. The lowest BCUT2D eigenvalue weighted by atomic mass is 10.0. The molecule has 0 saturated heterocycles. The Morgan fingerprint density at radius 3 is 2.04 bits per heavy atom. The Morgan fingerprint density at radius 1 is 0.880 bits per heavy atom. The first-order valence-electron chi connectivity index (χ1n) is 8.09. The van der Waals surface area contributed by atoms with Crippen molar-refractivity contribution >= 4 is 17.5 Å². The number of aromatic nitrogens is 1. The monoisotopic (exact) mass is 330 g/mol. The number of aliphatic carboxylic acids is 1. The summed E-state index contributed by atoms with van der Waals surface area (Å²) < 4.78 is 0. The molecule has 4 nitrogen and oxygen atoms in total. The fourth-order valence-electron chi connectivity index (χ4n) is 2.56. The summed E-state index contributed by atoms with van der Waals surface area (Å²) in [6.07, 6.45) is 2.13. The first kappa shape index (κ1) is 16.6. The lowest BCUT2D eigenvalue weighted by Crippen LogP contribution is -2.04. The van der Waals surface area contributed by atoms with E-state index in [4.69, 9.17) is 10.1 Å². The maximum absolute atomic E-state index is 10.9. The van der Waals surface area contributed by atoms with Crippen LogP contribution in [0.5, 0.6) is 0 Å². The van der Waals surface area contributed by atoms with Gasteiger partial charge < -0.3 is 5.11 Å². The second-order valence-electron chi connectivity index (χ2n) is 5.57. The van der Waals surface area contributed by atoms with Crippen molar-refractivity contribution in [3.8, 4) is 0 Å². The molecule has 0 aliphatic rings. The number of carbonyl (C=O) groups is 1. The van der Waals surface area contributed by atoms with Crippen molar-refractivity contribution in [1.82, 2.24) is 4.98 Å². The van der Waals surface area contributed by atoms with Gasteiger partial charge in [0.2, 0.25) is 0 Å². The lowest BCUT2D eigenvalue weighted by molar-refractivity contribution is -0.136. The first-order valence-corrected chi connectivity index (χ1v) is 8.09. The van der Waals surface area contributed by atoms with Crippen LogP contribution < -0.4 is 0 Å². The molecular formula is C21H18N2O2. The van der Waals surface area contributed by atoms with Crippen LogP contribution in [0.1, 0.15) is 23.1 Å². The van der Waals surface area contributed by atoms with Gasteiger partial charge in [-0.15, -0.1) is 0 Å². The summed E-state index contributed by atoms with van der Waals surface area (Å²) in [7, 11) is 0. The van der Waals surface area contributed by atoms with Gasteiger partial charge in [-0.2, -0.15) is 0 Å². The normalized spacial score (nSPS) is 10.2. The van der Waals surface area contributed by atoms with Gasteiger partial charge in [-0.1, -0.05) is 66.7 Å². The average molecular weight is 330 g/mol. The third-order valence-corrected chi connectivity index (χ3v) is 3.79. The van der Waals surface area contributed by atoms with Crippen molar-refractivity contribution in [2.75, 3.05) is 0 Å². The van der Waals surface area contributed by atoms with Crippen molar-refractivity contribution in [3.63, 3.8) is 0 Å². The van der Waals surface area contributed by atoms with E-state index in [9.17, 15) is 4.79 Å². The molecule has 2 aromatic carbocycles. The number of rotatable bonds is 6. The fourth-order valence-corrected chi connectivity index (χ4v) is 2.56. The molecule has 1 aromatic heterocycles. The molecular weight excluding hydrogens is 312 g/mol. The molecule has 1 heterocycles. The molecule has 25 heavy (non-hydrogen) atoms. The molecule has 0 radical (unpaired) electrons. The molecule has 3 rings (SSSR count). The van der Waals surface area contributed by atoms with E-state index >= 15 is 0 Å². The maximum Gasteiger partial charge on any atom is 0.303 e. The third-order valence-electron chi connectivity index (χ3n) is 3.79. The molecule has 0 unspecified atom stereocenters. The summed E-state index contributed by atoms with van der Waals surface area (Å²) >= 11 is 0. The van der Waals surface area contributed by atoms with Crippen LogP contribution in [0.25, 0.3) is 0 Å². The van der Waals surface area contributed by atoms with E-state index in [1.165, 1.54) is 0 Å². The molecule has 0 amide bonds. The maximum atomic E-state index is 10.9. The molecule has 0 saturated carbocycles. The highest BCUT2D eigenvalue weighted by molar-refractivity contribution is 6.13. The number of pyridine rings is 1. The molecule has 0 bridgehead atoms. The number of carboxylic acids is 1. The van der Waals surface area contributed by atoms with Crippen LogP contribution in [0.2, 0.25) is 0 Å². The Labute approximate surface area is 146 Å². The van der Waals surface area contributed by atoms with E-state index < -0.39 is 5.97 Å². The van der Waals surface area contributed by atoms with Crippen LogP contribution in [0, 0.1) is 0 Å². The minimum Gasteiger partial charge on any atom is -0.481 e. The molecule has 0 atom stereocenters. The van der Waals surface area contributed by atoms with Gasteiger partial charge in [0.15, 0.2) is 5.82 Å². The second-order valence-corrected chi connectivity index (χ2v) is 5.57. The van der Waals surface area contributed by atoms with Gasteiger partial charge in [-0.25, -0.2) is 9.98 Å². The molecule has 0 aliphatic carbocycles. The zero-order chi connectivity index (χ0) is 17.5. The van der Waals surface area contributed by atoms with Gasteiger partial charge in [0.1, 0.15) is 0 Å². The highest BCUT2D eigenvalue weighted by Gasteiger charge is 2.10. The Hall–Kier alpha value is -3.27. The quantitative estimate of drug-likeness (QED) is 0.687. The average Bonchev–Trinajstić information content (AvgIpc) is 2.66. The molecule has 0 aliphatic heterocycles. The van der Waals surface area contributed by atoms with Crippen LogP contribution in [-0.4, -0.2) is 21.8 Å². The second kappa shape index (κ2) is 8.02. The number of aliphatic imine (C=N–C) groups is 1. The number of benzene rings is 2. The Morgan fingerprint density at radius 2 is 1.48 bits per heavy atom. The van der Waals surface area contributed by atoms with Gasteiger partial charge in [-0.05, 0) is 18.1 Å². The summed E-state index contributed by atoms with van der Waals surface area (Å²) in [4.78, 5) is 20.0. The smallest absolute Gasteiger partial charge is 0.303 e. The highest BCUT2D eigenvalue weighted by atomic mass is 16.4. The van der Waals surface area contributed by atoms with Crippen LogP contribution in [0.3, 0.4) is 0 Å². The fraction of sp³-hybridized carbons (Fsp3) is 0.0952. The van der Waals surface area contributed by atoms with E-state index in [-0.39, 0.29) is 6.42 Å². The number of carboxylic acid groups (broad SMARTS) is 1. The van der Waals surface area contributed by atoms with Crippen molar-refractivity contribution in [3.05, 3.63) is 95.7 Å². The molecule has 124 valence electrons. The van der Waals surface area contributed by atoms with Crippen LogP contribution in [0.15, 0.2) is 84.0 Å². The van der Waals surface area contributed by atoms with E-state index in [0.29, 0.717) is 12.2 Å². The van der Waals surface area contributed by atoms with Gasteiger partial charge in [0, 0.05) is 23.7 Å². The van der Waals surface area contributed by atoms with E-state index in [1.54, 1.807) is 12.3 Å². The predicted molar refractivity (Wildman–Crippen MR) is 98.4 cm³/mol. The zero-order valence-corrected chi connectivity index (χ0v) is 13.7. The zero-order valence-electron chi connectivity index (χ0n) is 13.7. The number of aryl methyl sites for hydroxylation is 1. The van der Waals surface area contributed by atoms with Crippen molar-refractivity contribution in [2.24, 2.45) is 4.99 Å². The topological polar surface area (TPSA) is 62.5 Å². The summed E-state index contributed by atoms with van der Waals surface area (Å²) in [5.74, 6) is -0.267. The van der Waals surface area contributed by atoms with Crippen molar-refractivity contribution in [2.45, 2.75) is 12.8 Å². The minimum absolute atomic E-state index is 0.0558.